The van der Waals surface area contributed by atoms with Crippen molar-refractivity contribution in [1.82, 2.24) is 15.5 Å². The summed E-state index contributed by atoms with van der Waals surface area (Å²) in [6.07, 6.45) is -1.93. The molecule has 1 aromatic rings. The first-order valence-electron chi connectivity index (χ1n) is 10.1. The summed E-state index contributed by atoms with van der Waals surface area (Å²) < 4.78 is 19.0. The molecule has 2 saturated heterocycles. The van der Waals surface area contributed by atoms with Gasteiger partial charge in [-0.2, -0.15) is 0 Å². The van der Waals surface area contributed by atoms with Crippen LogP contribution in [0.4, 0.5) is 14.9 Å². The molecule has 1 aromatic carbocycles. The van der Waals surface area contributed by atoms with Crippen LogP contribution in [0, 0.1) is 5.82 Å². The van der Waals surface area contributed by atoms with E-state index in [4.69, 9.17) is 4.74 Å². The smallest absolute Gasteiger partial charge is 0.315 e. The van der Waals surface area contributed by atoms with E-state index in [1.807, 2.05) is 13.8 Å². The normalized spacial score (nSPS) is 26.2. The van der Waals surface area contributed by atoms with Crippen LogP contribution in [0.25, 0.3) is 0 Å². The minimum atomic E-state index is -0.836. The number of amides is 2. The molecule has 0 spiro atoms. The largest absolute Gasteiger partial charge is 0.394 e. The lowest BCUT2D eigenvalue weighted by atomic mass is 10.0. The maximum Gasteiger partial charge on any atom is 0.315 e. The second-order valence-corrected chi connectivity index (χ2v) is 7.89. The SMILES string of the molecule is CC(C)NC(=O)NC[C@H]1O[C@@H](CO)[C@@H](O)[C@H]1N1CCN(c2ccc(F)cc2)CC1.Cl.Cl. The van der Waals surface area contributed by atoms with Crippen LogP contribution in [-0.4, -0.2) is 90.9 Å². The molecule has 0 radical (unpaired) electrons. The monoisotopic (exact) mass is 482 g/mol. The second kappa shape index (κ2) is 12.6. The zero-order valence-corrected chi connectivity index (χ0v) is 19.4. The van der Waals surface area contributed by atoms with Gasteiger partial charge in [0, 0.05) is 44.5 Å². The Hall–Kier alpha value is -1.36. The van der Waals surface area contributed by atoms with Crippen LogP contribution in [0.3, 0.4) is 0 Å². The predicted octanol–water partition coefficient (Wildman–Crippen LogP) is 0.988. The van der Waals surface area contributed by atoms with Crippen molar-refractivity contribution in [2.24, 2.45) is 0 Å². The average molecular weight is 483 g/mol. The number of carbonyl (C=O) groups is 1. The maximum absolute atomic E-state index is 13.2. The Kier molecular flexibility index (Phi) is 11.3. The number of aliphatic hydroxyl groups excluding tert-OH is 2. The van der Waals surface area contributed by atoms with Gasteiger partial charge in [0.2, 0.25) is 0 Å². The fraction of sp³-hybridized carbons (Fsp3) is 0.650. The van der Waals surface area contributed by atoms with Gasteiger partial charge in [0.25, 0.3) is 0 Å². The van der Waals surface area contributed by atoms with Crippen molar-refractivity contribution < 1.29 is 24.1 Å². The van der Waals surface area contributed by atoms with Crippen LogP contribution in [0.2, 0.25) is 0 Å². The van der Waals surface area contributed by atoms with Crippen molar-refractivity contribution in [3.05, 3.63) is 30.1 Å². The van der Waals surface area contributed by atoms with Crippen LogP contribution in [0.1, 0.15) is 13.8 Å². The molecule has 0 aromatic heterocycles. The Morgan fingerprint density at radius 1 is 1.16 bits per heavy atom. The number of hydrogen-bond donors (Lipinski definition) is 4. The Labute approximate surface area is 194 Å². The highest BCUT2D eigenvalue weighted by Gasteiger charge is 2.46. The van der Waals surface area contributed by atoms with E-state index in [2.05, 4.69) is 20.4 Å². The molecule has 8 nitrogen and oxygen atoms in total. The number of benzene rings is 1. The topological polar surface area (TPSA) is 97.3 Å². The van der Waals surface area contributed by atoms with Crippen LogP contribution in [-0.2, 0) is 4.74 Å². The summed E-state index contributed by atoms with van der Waals surface area (Å²) in [6, 6.07) is 5.84. The molecule has 3 rings (SSSR count). The zero-order chi connectivity index (χ0) is 21.0. The highest BCUT2D eigenvalue weighted by molar-refractivity contribution is 5.85. The summed E-state index contributed by atoms with van der Waals surface area (Å²) in [5.74, 6) is -0.259. The first-order chi connectivity index (χ1) is 13.9. The third-order valence-corrected chi connectivity index (χ3v) is 5.45. The van der Waals surface area contributed by atoms with E-state index in [1.54, 1.807) is 12.1 Å². The predicted molar refractivity (Wildman–Crippen MR) is 122 cm³/mol. The van der Waals surface area contributed by atoms with E-state index in [1.165, 1.54) is 12.1 Å². The maximum atomic E-state index is 13.2. The lowest BCUT2D eigenvalue weighted by Gasteiger charge is -2.41. The zero-order valence-electron chi connectivity index (χ0n) is 17.7. The van der Waals surface area contributed by atoms with E-state index in [9.17, 15) is 19.4 Å². The Morgan fingerprint density at radius 3 is 2.32 bits per heavy atom. The van der Waals surface area contributed by atoms with Crippen LogP contribution >= 0.6 is 24.8 Å². The second-order valence-electron chi connectivity index (χ2n) is 7.89. The molecule has 2 amide bonds. The van der Waals surface area contributed by atoms with Gasteiger partial charge in [-0.3, -0.25) is 4.90 Å². The van der Waals surface area contributed by atoms with E-state index in [0.717, 1.165) is 18.8 Å². The van der Waals surface area contributed by atoms with E-state index in [-0.39, 0.29) is 61.9 Å². The van der Waals surface area contributed by atoms with Gasteiger partial charge in [0.1, 0.15) is 18.0 Å². The number of urea groups is 1. The lowest BCUT2D eigenvalue weighted by molar-refractivity contribution is -0.0206. The van der Waals surface area contributed by atoms with Gasteiger partial charge in [0.05, 0.1) is 18.8 Å². The van der Waals surface area contributed by atoms with Gasteiger partial charge in [-0.15, -0.1) is 24.8 Å². The summed E-state index contributed by atoms with van der Waals surface area (Å²) in [4.78, 5) is 16.2. The molecule has 4 N–H and O–H groups in total. The number of aliphatic hydroxyl groups is 2. The molecule has 178 valence electrons. The highest BCUT2D eigenvalue weighted by Crippen LogP contribution is 2.27. The minimum Gasteiger partial charge on any atom is -0.394 e. The third kappa shape index (κ3) is 7.06. The van der Waals surface area contributed by atoms with E-state index >= 15 is 0 Å². The third-order valence-electron chi connectivity index (χ3n) is 5.45. The molecule has 2 aliphatic rings. The van der Waals surface area contributed by atoms with Crippen LogP contribution < -0.4 is 15.5 Å². The minimum absolute atomic E-state index is 0. The molecule has 4 atom stereocenters. The molecule has 0 bridgehead atoms. The number of anilines is 1. The number of halogens is 3. The molecule has 0 saturated carbocycles. The van der Waals surface area contributed by atoms with Gasteiger partial charge in [-0.05, 0) is 38.1 Å². The first kappa shape index (κ1) is 27.7. The number of piperazine rings is 1. The Bertz CT molecular complexity index is 678. The lowest BCUT2D eigenvalue weighted by Crippen LogP contribution is -2.58. The number of ether oxygens (including phenoxy) is 1. The summed E-state index contributed by atoms with van der Waals surface area (Å²) in [7, 11) is 0. The molecule has 2 aliphatic heterocycles. The van der Waals surface area contributed by atoms with Crippen molar-refractivity contribution in [1.29, 1.82) is 0 Å². The van der Waals surface area contributed by atoms with Crippen molar-refractivity contribution in [3.8, 4) is 0 Å². The fourth-order valence-corrected chi connectivity index (χ4v) is 4.03. The van der Waals surface area contributed by atoms with Crippen molar-refractivity contribution in [2.75, 3.05) is 44.2 Å². The van der Waals surface area contributed by atoms with Gasteiger partial charge < -0.3 is 30.5 Å². The highest BCUT2D eigenvalue weighted by atomic mass is 35.5. The summed E-state index contributed by atoms with van der Waals surface area (Å²) in [5, 5.41) is 25.8. The quantitative estimate of drug-likeness (QED) is 0.482. The Morgan fingerprint density at radius 2 is 1.77 bits per heavy atom. The number of nitrogens with zero attached hydrogens (tertiary/aromatic N) is 2. The molecular formula is C20H33Cl2FN4O4. The van der Waals surface area contributed by atoms with Crippen molar-refractivity contribution >= 4 is 36.5 Å². The standard InChI is InChI=1S/C20H31FN4O4.2ClH/c1-13(2)23-20(28)22-11-16-18(19(27)17(12-26)29-16)25-9-7-24(8-10-25)15-5-3-14(21)4-6-15;;/h3-6,13,16-19,26-27H,7-12H2,1-2H3,(H2,22,23,28);2*1H/t16-,17+,18+,19-;;/m1../s1. The van der Waals surface area contributed by atoms with E-state index < -0.39 is 18.3 Å². The summed E-state index contributed by atoms with van der Waals surface area (Å²) in [5.41, 5.74) is 0.964. The van der Waals surface area contributed by atoms with Gasteiger partial charge in [-0.1, -0.05) is 0 Å². The van der Waals surface area contributed by atoms with Gasteiger partial charge in [0.15, 0.2) is 0 Å². The number of rotatable bonds is 6. The first-order valence-corrected chi connectivity index (χ1v) is 10.1. The number of nitrogens with one attached hydrogen (secondary N) is 2. The number of hydrogen-bond acceptors (Lipinski definition) is 6. The van der Waals surface area contributed by atoms with Gasteiger partial charge in [-0.25, -0.2) is 9.18 Å². The molecule has 2 heterocycles. The summed E-state index contributed by atoms with van der Waals surface area (Å²) >= 11 is 0. The van der Waals surface area contributed by atoms with Crippen LogP contribution in [0.15, 0.2) is 24.3 Å². The molecule has 2 fully saturated rings. The van der Waals surface area contributed by atoms with Crippen molar-refractivity contribution in [3.63, 3.8) is 0 Å². The Balaban J connectivity index is 0.00000240. The molecular weight excluding hydrogens is 450 g/mol. The van der Waals surface area contributed by atoms with Crippen LogP contribution in [0.5, 0.6) is 0 Å². The fourth-order valence-electron chi connectivity index (χ4n) is 4.03. The molecule has 31 heavy (non-hydrogen) atoms. The van der Waals surface area contributed by atoms with Crippen molar-refractivity contribution in [2.45, 2.75) is 44.2 Å². The summed E-state index contributed by atoms with van der Waals surface area (Å²) in [6.45, 7) is 6.56. The number of carbonyl (C=O) groups excluding carboxylic acids is 1. The average Bonchev–Trinajstić information content (AvgIpc) is 3.02. The van der Waals surface area contributed by atoms with Gasteiger partial charge >= 0.3 is 6.03 Å². The molecule has 0 aliphatic carbocycles. The van der Waals surface area contributed by atoms with E-state index in [0.29, 0.717) is 13.1 Å². The molecule has 0 unspecified atom stereocenters. The molecule has 11 heteroatoms.